The Balaban J connectivity index is 1.23. The fourth-order valence-electron chi connectivity index (χ4n) is 5.47. The van der Waals surface area contributed by atoms with E-state index < -0.39 is 6.04 Å². The number of benzene rings is 1. The van der Waals surface area contributed by atoms with E-state index in [1.165, 1.54) is 6.42 Å². The van der Waals surface area contributed by atoms with Gasteiger partial charge < -0.3 is 4.90 Å². The predicted octanol–water partition coefficient (Wildman–Crippen LogP) is 3.67. The summed E-state index contributed by atoms with van der Waals surface area (Å²) < 4.78 is 0. The van der Waals surface area contributed by atoms with Gasteiger partial charge in [0.05, 0.1) is 11.4 Å². The number of amides is 3. The van der Waals surface area contributed by atoms with E-state index >= 15 is 0 Å². The van der Waals surface area contributed by atoms with Crippen molar-refractivity contribution in [3.05, 3.63) is 45.4 Å². The van der Waals surface area contributed by atoms with Gasteiger partial charge in [-0.1, -0.05) is 19.9 Å². The highest BCUT2D eigenvalue weighted by molar-refractivity contribution is 7.98. The number of thioether (sulfide) groups is 1. The summed E-state index contributed by atoms with van der Waals surface area (Å²) in [4.78, 5) is 46.9. The standard InChI is InChI=1S/C25H30N4O3S2/c1-15-8-16(2)10-28(9-15)11-17-13-34-23(26-17)14-33-21-5-3-4-18-19(21)12-29(25(18)32)20-6-7-22(30)27-24(20)31/h3-5,13,15-16,20H,6-12,14H2,1-2H3,(H,27,30,31). The van der Waals surface area contributed by atoms with E-state index in [-0.39, 0.29) is 24.1 Å². The highest BCUT2D eigenvalue weighted by Crippen LogP contribution is 2.36. The van der Waals surface area contributed by atoms with Crippen molar-refractivity contribution in [3.8, 4) is 0 Å². The molecule has 3 unspecified atom stereocenters. The maximum Gasteiger partial charge on any atom is 0.255 e. The number of imide groups is 1. The smallest absolute Gasteiger partial charge is 0.255 e. The van der Waals surface area contributed by atoms with Gasteiger partial charge in [-0.2, -0.15) is 0 Å². The molecule has 3 amide bonds. The first-order chi connectivity index (χ1) is 16.4. The maximum absolute atomic E-state index is 13.0. The zero-order chi connectivity index (χ0) is 23.8. The van der Waals surface area contributed by atoms with Crippen molar-refractivity contribution in [2.75, 3.05) is 13.1 Å². The first kappa shape index (κ1) is 23.5. The molecule has 2 fully saturated rings. The fraction of sp³-hybridized carbons (Fsp3) is 0.520. The van der Waals surface area contributed by atoms with Crippen LogP contribution in [0.15, 0.2) is 28.5 Å². The lowest BCUT2D eigenvalue weighted by Crippen LogP contribution is -2.52. The highest BCUT2D eigenvalue weighted by Gasteiger charge is 2.39. The van der Waals surface area contributed by atoms with E-state index in [0.717, 1.165) is 58.4 Å². The molecule has 7 nitrogen and oxygen atoms in total. The summed E-state index contributed by atoms with van der Waals surface area (Å²) in [5, 5.41) is 5.62. The number of nitrogens with zero attached hydrogens (tertiary/aromatic N) is 3. The third-order valence-corrected chi connectivity index (χ3v) is 9.01. The molecule has 5 rings (SSSR count). The van der Waals surface area contributed by atoms with Crippen LogP contribution in [0.3, 0.4) is 0 Å². The van der Waals surface area contributed by atoms with Crippen LogP contribution in [0.25, 0.3) is 0 Å². The van der Waals surface area contributed by atoms with Gasteiger partial charge in [-0.3, -0.25) is 24.6 Å². The Labute approximate surface area is 208 Å². The number of fused-ring (bicyclic) bond motifs is 1. The van der Waals surface area contributed by atoms with Crippen LogP contribution >= 0.6 is 23.1 Å². The van der Waals surface area contributed by atoms with Gasteiger partial charge in [-0.15, -0.1) is 23.1 Å². The Bertz CT molecular complexity index is 1110. The van der Waals surface area contributed by atoms with E-state index in [0.29, 0.717) is 18.5 Å². The molecule has 3 aliphatic rings. The number of carbonyl (C=O) groups is 3. The van der Waals surface area contributed by atoms with Crippen LogP contribution in [0.5, 0.6) is 0 Å². The Kier molecular flexibility index (Phi) is 6.77. The van der Waals surface area contributed by atoms with Crippen molar-refractivity contribution >= 4 is 40.8 Å². The van der Waals surface area contributed by atoms with E-state index in [2.05, 4.69) is 29.4 Å². The molecule has 1 N–H and O–H groups in total. The minimum atomic E-state index is -0.586. The summed E-state index contributed by atoms with van der Waals surface area (Å²) in [5.74, 6) is 1.45. The zero-order valence-corrected chi connectivity index (χ0v) is 21.2. The number of rotatable bonds is 6. The summed E-state index contributed by atoms with van der Waals surface area (Å²) in [6.45, 7) is 8.25. The van der Waals surface area contributed by atoms with E-state index in [1.807, 2.05) is 18.2 Å². The summed E-state index contributed by atoms with van der Waals surface area (Å²) in [5.41, 5.74) is 2.76. The van der Waals surface area contributed by atoms with Gasteiger partial charge in [0.15, 0.2) is 0 Å². The minimum Gasteiger partial charge on any atom is -0.322 e. The number of hydrogen-bond donors (Lipinski definition) is 1. The number of thiazole rings is 1. The van der Waals surface area contributed by atoms with Crippen LogP contribution in [-0.4, -0.2) is 51.6 Å². The van der Waals surface area contributed by atoms with Crippen LogP contribution in [0.4, 0.5) is 0 Å². The molecule has 1 aromatic carbocycles. The number of nitrogens with one attached hydrogen (secondary N) is 1. The maximum atomic E-state index is 13.0. The van der Waals surface area contributed by atoms with Gasteiger partial charge >= 0.3 is 0 Å². The van der Waals surface area contributed by atoms with Gasteiger partial charge in [-0.25, -0.2) is 4.98 Å². The molecule has 0 radical (unpaired) electrons. The molecule has 3 atom stereocenters. The largest absolute Gasteiger partial charge is 0.322 e. The van der Waals surface area contributed by atoms with Gasteiger partial charge in [0.1, 0.15) is 11.0 Å². The van der Waals surface area contributed by atoms with Crippen molar-refractivity contribution in [3.63, 3.8) is 0 Å². The molecule has 0 bridgehead atoms. The molecule has 2 saturated heterocycles. The number of piperidine rings is 2. The first-order valence-electron chi connectivity index (χ1n) is 11.9. The Morgan fingerprint density at radius 2 is 1.97 bits per heavy atom. The average Bonchev–Trinajstić information content (AvgIpc) is 3.36. The lowest BCUT2D eigenvalue weighted by molar-refractivity contribution is -0.136. The highest BCUT2D eigenvalue weighted by atomic mass is 32.2. The van der Waals surface area contributed by atoms with E-state index in [1.54, 1.807) is 28.0 Å². The second-order valence-corrected chi connectivity index (χ2v) is 11.8. The van der Waals surface area contributed by atoms with Crippen LogP contribution in [0.1, 0.15) is 59.7 Å². The number of aromatic nitrogens is 1. The second-order valence-electron chi connectivity index (χ2n) is 9.84. The minimum absolute atomic E-state index is 0.131. The van der Waals surface area contributed by atoms with Gasteiger partial charge in [0, 0.05) is 48.4 Å². The van der Waals surface area contributed by atoms with Crippen molar-refractivity contribution in [2.24, 2.45) is 11.8 Å². The van der Waals surface area contributed by atoms with E-state index in [4.69, 9.17) is 4.98 Å². The lowest BCUT2D eigenvalue weighted by atomic mass is 9.92. The molecular weight excluding hydrogens is 468 g/mol. The third kappa shape index (κ3) is 4.92. The van der Waals surface area contributed by atoms with E-state index in [9.17, 15) is 14.4 Å². The SMILES string of the molecule is CC1CC(C)CN(Cc2csc(CSc3cccc4c3CN(C3CCC(=O)NC3=O)C4=O)n2)C1. The molecule has 180 valence electrons. The Morgan fingerprint density at radius 3 is 2.74 bits per heavy atom. The van der Waals surface area contributed by atoms with Crippen LogP contribution < -0.4 is 5.32 Å². The molecule has 9 heteroatoms. The predicted molar refractivity (Wildman–Crippen MR) is 132 cm³/mol. The molecule has 34 heavy (non-hydrogen) atoms. The normalized spacial score (nSPS) is 25.5. The molecule has 0 spiro atoms. The monoisotopic (exact) mass is 498 g/mol. The Hall–Kier alpha value is -2.23. The summed E-state index contributed by atoms with van der Waals surface area (Å²) in [6.07, 6.45) is 1.95. The van der Waals surface area contributed by atoms with Crippen LogP contribution in [0, 0.1) is 11.8 Å². The van der Waals surface area contributed by atoms with Gasteiger partial charge in [-0.05, 0) is 42.4 Å². The van der Waals surface area contributed by atoms with Crippen molar-refractivity contribution in [2.45, 2.75) is 62.9 Å². The quantitative estimate of drug-likeness (QED) is 0.483. The molecule has 2 aromatic rings. The first-order valence-corrected chi connectivity index (χ1v) is 13.8. The number of hydrogen-bond acceptors (Lipinski definition) is 7. The summed E-state index contributed by atoms with van der Waals surface area (Å²) in [6, 6.07) is 5.18. The lowest BCUT2D eigenvalue weighted by Gasteiger charge is -2.34. The van der Waals surface area contributed by atoms with Gasteiger partial charge in [0.2, 0.25) is 11.8 Å². The summed E-state index contributed by atoms with van der Waals surface area (Å²) >= 11 is 3.39. The Morgan fingerprint density at radius 1 is 1.18 bits per heavy atom. The molecule has 3 aliphatic heterocycles. The van der Waals surface area contributed by atoms with Crippen LogP contribution in [-0.2, 0) is 28.4 Å². The van der Waals surface area contributed by atoms with Crippen molar-refractivity contribution in [1.82, 2.24) is 20.1 Å². The molecule has 0 aliphatic carbocycles. The van der Waals surface area contributed by atoms with Crippen LogP contribution in [0.2, 0.25) is 0 Å². The average molecular weight is 499 g/mol. The fourth-order valence-corrected chi connectivity index (χ4v) is 7.36. The zero-order valence-electron chi connectivity index (χ0n) is 19.6. The number of carbonyl (C=O) groups excluding carboxylic acids is 3. The molecular formula is C25H30N4O3S2. The summed E-state index contributed by atoms with van der Waals surface area (Å²) in [7, 11) is 0. The topological polar surface area (TPSA) is 82.6 Å². The van der Waals surface area contributed by atoms with Gasteiger partial charge in [0.25, 0.3) is 5.91 Å². The second kappa shape index (κ2) is 9.79. The number of likely N-dealkylation sites (tertiary alicyclic amines) is 1. The third-order valence-electron chi connectivity index (χ3n) is 6.82. The van der Waals surface area contributed by atoms with Crippen molar-refractivity contribution in [1.29, 1.82) is 0 Å². The molecule has 4 heterocycles. The molecule has 0 saturated carbocycles. The van der Waals surface area contributed by atoms with Crippen molar-refractivity contribution < 1.29 is 14.4 Å². The molecule has 1 aromatic heterocycles.